The number of amides is 1. The van der Waals surface area contributed by atoms with E-state index in [9.17, 15) is 9.59 Å². The lowest BCUT2D eigenvalue weighted by molar-refractivity contribution is -0.143. The van der Waals surface area contributed by atoms with Gasteiger partial charge in [0, 0.05) is 24.6 Å². The van der Waals surface area contributed by atoms with Crippen molar-refractivity contribution >= 4 is 29.8 Å². The smallest absolute Gasteiger partial charge is 0.285 e. The highest BCUT2D eigenvalue weighted by molar-refractivity contribution is 7.99. The topological polar surface area (TPSA) is 79.0 Å². The van der Waals surface area contributed by atoms with Crippen LogP contribution >= 0.6 is 11.8 Å². The van der Waals surface area contributed by atoms with Gasteiger partial charge >= 0.3 is 5.91 Å². The molecular formula is C8H11N4O2S. The number of hydrazine groups is 1. The average Bonchev–Trinajstić information content (AvgIpc) is 2.26. The molecule has 1 radical (unpaired) electrons. The van der Waals surface area contributed by atoms with E-state index in [1.165, 1.54) is 0 Å². The highest BCUT2D eigenvalue weighted by Gasteiger charge is 2.37. The van der Waals surface area contributed by atoms with E-state index in [4.69, 9.17) is 5.84 Å². The molecule has 0 aliphatic carbocycles. The second-order valence-corrected chi connectivity index (χ2v) is 4.54. The number of ketones is 1. The van der Waals surface area contributed by atoms with E-state index >= 15 is 0 Å². The molecule has 0 aromatic heterocycles. The number of hydrogen-bond acceptors (Lipinski definition) is 6. The molecule has 1 atom stereocenters. The van der Waals surface area contributed by atoms with Gasteiger partial charge < -0.3 is 0 Å². The molecule has 0 saturated carbocycles. The van der Waals surface area contributed by atoms with Crippen molar-refractivity contribution in [1.29, 1.82) is 0 Å². The average molecular weight is 227 g/mol. The number of hydrogen-bond donors (Lipinski definition) is 1. The van der Waals surface area contributed by atoms with Gasteiger partial charge in [0.15, 0.2) is 12.5 Å². The predicted octanol–water partition coefficient (Wildman–Crippen LogP) is -1.45. The number of Topliss-reactive ketones (excluding diaryl/α,β-unsaturated/α-hetero) is 1. The molecule has 2 heterocycles. The second kappa shape index (κ2) is 4.30. The first kappa shape index (κ1) is 10.6. The van der Waals surface area contributed by atoms with E-state index < -0.39 is 17.9 Å². The minimum absolute atomic E-state index is 0.567. The molecule has 7 heteroatoms. The molecule has 0 aromatic carbocycles. The molecule has 15 heavy (non-hydrogen) atoms. The minimum atomic E-state index is -0.764. The summed E-state index contributed by atoms with van der Waals surface area (Å²) >= 11 is 1.82. The van der Waals surface area contributed by atoms with Crippen LogP contribution in [0.3, 0.4) is 0 Å². The third kappa shape index (κ3) is 2.04. The van der Waals surface area contributed by atoms with Crippen molar-refractivity contribution in [2.24, 2.45) is 10.8 Å². The van der Waals surface area contributed by atoms with Crippen LogP contribution in [0.5, 0.6) is 0 Å². The quantitative estimate of drug-likeness (QED) is 0.436. The Morgan fingerprint density at radius 1 is 1.40 bits per heavy atom. The SMILES string of the molecule is NN1[C]=NC(=O)C(=O)C1N1CCSCC1. The Morgan fingerprint density at radius 3 is 2.73 bits per heavy atom. The normalized spacial score (nSPS) is 28.6. The molecule has 6 nitrogen and oxygen atoms in total. The molecule has 1 saturated heterocycles. The van der Waals surface area contributed by atoms with Crippen LogP contribution in [-0.4, -0.2) is 58.7 Å². The summed E-state index contributed by atoms with van der Waals surface area (Å²) in [4.78, 5) is 27.8. The van der Waals surface area contributed by atoms with Crippen LogP contribution in [-0.2, 0) is 9.59 Å². The number of nitrogens with two attached hydrogens (primary N) is 1. The van der Waals surface area contributed by atoms with Gasteiger partial charge in [0.25, 0.3) is 5.78 Å². The number of rotatable bonds is 1. The molecule has 1 amide bonds. The number of nitrogens with zero attached hydrogens (tertiary/aromatic N) is 3. The van der Waals surface area contributed by atoms with Crippen molar-refractivity contribution in [1.82, 2.24) is 9.91 Å². The zero-order chi connectivity index (χ0) is 10.8. The molecule has 0 spiro atoms. The Morgan fingerprint density at radius 2 is 2.07 bits per heavy atom. The summed E-state index contributed by atoms with van der Waals surface area (Å²) in [5.74, 6) is 6.13. The largest absolute Gasteiger partial charge is 0.318 e. The first-order valence-electron chi connectivity index (χ1n) is 4.60. The zero-order valence-corrected chi connectivity index (χ0v) is 8.87. The van der Waals surface area contributed by atoms with Gasteiger partial charge in [-0.2, -0.15) is 16.8 Å². The van der Waals surface area contributed by atoms with E-state index in [2.05, 4.69) is 11.3 Å². The molecule has 0 bridgehead atoms. The maximum Gasteiger partial charge on any atom is 0.318 e. The maximum atomic E-state index is 11.6. The molecule has 2 aliphatic rings. The van der Waals surface area contributed by atoms with Gasteiger partial charge in [0.05, 0.1) is 0 Å². The van der Waals surface area contributed by atoms with Crippen molar-refractivity contribution < 1.29 is 9.59 Å². The molecule has 1 fully saturated rings. The van der Waals surface area contributed by atoms with Gasteiger partial charge in [-0.25, -0.2) is 5.84 Å². The van der Waals surface area contributed by atoms with E-state index in [0.29, 0.717) is 0 Å². The highest BCUT2D eigenvalue weighted by atomic mass is 32.2. The van der Waals surface area contributed by atoms with Crippen LogP contribution in [0.15, 0.2) is 4.99 Å². The summed E-state index contributed by atoms with van der Waals surface area (Å²) in [6, 6.07) is 0. The number of thioether (sulfide) groups is 1. The van der Waals surface area contributed by atoms with Crippen LogP contribution in [0.25, 0.3) is 0 Å². The van der Waals surface area contributed by atoms with Crippen molar-refractivity contribution in [2.45, 2.75) is 6.17 Å². The van der Waals surface area contributed by atoms with Gasteiger partial charge in [-0.3, -0.25) is 19.5 Å². The van der Waals surface area contributed by atoms with Crippen LogP contribution in [0.1, 0.15) is 0 Å². The molecule has 2 rings (SSSR count). The Balaban J connectivity index is 2.15. The van der Waals surface area contributed by atoms with Gasteiger partial charge in [0.1, 0.15) is 0 Å². The molecule has 1 unspecified atom stereocenters. The van der Waals surface area contributed by atoms with E-state index in [1.54, 1.807) is 0 Å². The fourth-order valence-corrected chi connectivity index (χ4v) is 2.54. The lowest BCUT2D eigenvalue weighted by atomic mass is 10.2. The first-order valence-corrected chi connectivity index (χ1v) is 5.76. The van der Waals surface area contributed by atoms with Gasteiger partial charge in [0.2, 0.25) is 0 Å². The molecule has 2 N–H and O–H groups in total. The van der Waals surface area contributed by atoms with Crippen molar-refractivity contribution in [3.05, 3.63) is 0 Å². The van der Waals surface area contributed by atoms with Crippen molar-refractivity contribution in [2.75, 3.05) is 24.6 Å². The van der Waals surface area contributed by atoms with Crippen molar-refractivity contribution in [3.63, 3.8) is 0 Å². The lowest BCUT2D eigenvalue weighted by Gasteiger charge is -2.37. The van der Waals surface area contributed by atoms with E-state index in [-0.39, 0.29) is 0 Å². The summed E-state index contributed by atoms with van der Waals surface area (Å²) in [6.45, 7) is 1.51. The Bertz CT molecular complexity index is 314. The van der Waals surface area contributed by atoms with Gasteiger partial charge in [-0.05, 0) is 0 Å². The standard InChI is InChI=1S/C8H11N4O2S/c9-12-5-10-7(14)6(13)8(12)11-1-3-15-4-2-11/h8H,1-4,9H2. The summed E-state index contributed by atoms with van der Waals surface area (Å²) in [5.41, 5.74) is 0. The zero-order valence-electron chi connectivity index (χ0n) is 8.05. The fourth-order valence-electron chi connectivity index (χ4n) is 1.61. The third-order valence-corrected chi connectivity index (χ3v) is 3.31. The van der Waals surface area contributed by atoms with Crippen LogP contribution in [0.4, 0.5) is 0 Å². The number of aliphatic imine (C=N–C) groups is 1. The summed E-state index contributed by atoms with van der Waals surface area (Å²) < 4.78 is 0. The summed E-state index contributed by atoms with van der Waals surface area (Å²) in [5, 5.41) is 1.08. The van der Waals surface area contributed by atoms with Gasteiger partial charge in [-0.15, -0.1) is 0 Å². The monoisotopic (exact) mass is 227 g/mol. The van der Waals surface area contributed by atoms with E-state index in [0.717, 1.165) is 29.6 Å². The van der Waals surface area contributed by atoms with E-state index in [1.807, 2.05) is 16.7 Å². The molecule has 2 aliphatic heterocycles. The number of carbonyl (C=O) groups is 2. The number of carbonyl (C=O) groups excluding carboxylic acids is 2. The highest BCUT2D eigenvalue weighted by Crippen LogP contribution is 2.15. The molecule has 81 valence electrons. The van der Waals surface area contributed by atoms with Gasteiger partial charge in [-0.1, -0.05) is 0 Å². The third-order valence-electron chi connectivity index (χ3n) is 2.37. The summed E-state index contributed by atoms with van der Waals surface area (Å²) in [6.07, 6.45) is 1.61. The summed E-state index contributed by atoms with van der Waals surface area (Å²) in [7, 11) is 0. The first-order chi connectivity index (χ1) is 7.20. The Hall–Kier alpha value is -0.920. The van der Waals surface area contributed by atoms with Crippen LogP contribution in [0.2, 0.25) is 0 Å². The predicted molar refractivity (Wildman–Crippen MR) is 56.2 cm³/mol. The molecule has 0 aromatic rings. The molecular weight excluding hydrogens is 216 g/mol. The van der Waals surface area contributed by atoms with Crippen molar-refractivity contribution in [3.8, 4) is 0 Å². The Labute approximate surface area is 91.5 Å². The van der Waals surface area contributed by atoms with Crippen LogP contribution in [0, 0.1) is 0 Å². The maximum absolute atomic E-state index is 11.6. The Kier molecular flexibility index (Phi) is 3.03. The second-order valence-electron chi connectivity index (χ2n) is 3.31. The lowest BCUT2D eigenvalue weighted by Crippen LogP contribution is -2.60. The minimum Gasteiger partial charge on any atom is -0.285 e. The fraction of sp³-hybridized carbons (Fsp3) is 0.625. The van der Waals surface area contributed by atoms with Crippen LogP contribution < -0.4 is 5.84 Å².